The Morgan fingerprint density at radius 3 is 2.24 bits per heavy atom. The maximum atomic E-state index is 12.1. The first-order valence-electron chi connectivity index (χ1n) is 7.06. The fourth-order valence-corrected chi connectivity index (χ4v) is 3.09. The van der Waals surface area contributed by atoms with E-state index in [-0.39, 0.29) is 0 Å². The largest absolute Gasteiger partial charge is 0.490 e. The van der Waals surface area contributed by atoms with E-state index in [0.717, 1.165) is 32.6 Å². The first kappa shape index (κ1) is 16.1. The third-order valence-electron chi connectivity index (χ3n) is 4.42. The van der Waals surface area contributed by atoms with Crippen LogP contribution in [0.5, 0.6) is 0 Å². The van der Waals surface area contributed by atoms with Gasteiger partial charge in [-0.25, -0.2) is 4.79 Å². The van der Waals surface area contributed by atoms with Gasteiger partial charge in [-0.1, -0.05) is 0 Å². The van der Waals surface area contributed by atoms with Crippen molar-refractivity contribution in [3.05, 3.63) is 0 Å². The SMILES string of the molecule is O=C(C1CC12CCNC2)N1CCCC1.O=C(O)C(F)(F)F. The van der Waals surface area contributed by atoms with Crippen molar-refractivity contribution < 1.29 is 27.9 Å². The van der Waals surface area contributed by atoms with Crippen LogP contribution in [0.25, 0.3) is 0 Å². The van der Waals surface area contributed by atoms with E-state index in [2.05, 4.69) is 10.2 Å². The number of carbonyl (C=O) groups is 2. The number of hydrogen-bond donors (Lipinski definition) is 2. The van der Waals surface area contributed by atoms with Crippen molar-refractivity contribution in [3.8, 4) is 0 Å². The van der Waals surface area contributed by atoms with Crippen molar-refractivity contribution in [2.75, 3.05) is 26.2 Å². The van der Waals surface area contributed by atoms with E-state index >= 15 is 0 Å². The number of amides is 1. The molecule has 120 valence electrons. The highest BCUT2D eigenvalue weighted by Gasteiger charge is 2.59. The Hall–Kier alpha value is -1.31. The van der Waals surface area contributed by atoms with E-state index in [1.54, 1.807) is 0 Å². The van der Waals surface area contributed by atoms with Crippen LogP contribution in [-0.2, 0) is 9.59 Å². The molecule has 5 nitrogen and oxygen atoms in total. The number of rotatable bonds is 1. The second-order valence-electron chi connectivity index (χ2n) is 5.88. The van der Waals surface area contributed by atoms with E-state index in [0.29, 0.717) is 17.2 Å². The van der Waals surface area contributed by atoms with Crippen LogP contribution in [0.1, 0.15) is 25.7 Å². The van der Waals surface area contributed by atoms with Gasteiger partial charge in [0.2, 0.25) is 5.91 Å². The molecule has 3 rings (SSSR count). The van der Waals surface area contributed by atoms with E-state index < -0.39 is 12.1 Å². The van der Waals surface area contributed by atoms with Crippen LogP contribution in [0, 0.1) is 11.3 Å². The molecule has 3 aliphatic rings. The molecule has 0 bridgehead atoms. The minimum Gasteiger partial charge on any atom is -0.475 e. The topological polar surface area (TPSA) is 69.6 Å². The molecular formula is C13H19F3N2O3. The zero-order valence-corrected chi connectivity index (χ0v) is 11.6. The zero-order chi connectivity index (χ0) is 15.7. The van der Waals surface area contributed by atoms with Crippen molar-refractivity contribution in [1.82, 2.24) is 10.2 Å². The summed E-state index contributed by atoms with van der Waals surface area (Å²) in [7, 11) is 0. The first-order valence-corrected chi connectivity index (χ1v) is 7.06. The maximum absolute atomic E-state index is 12.1. The molecule has 2 heterocycles. The Kier molecular flexibility index (Phi) is 4.46. The van der Waals surface area contributed by atoms with Crippen LogP contribution in [0.2, 0.25) is 0 Å². The molecule has 1 saturated carbocycles. The molecule has 0 radical (unpaired) electrons. The number of nitrogens with one attached hydrogen (secondary N) is 1. The second kappa shape index (κ2) is 5.82. The summed E-state index contributed by atoms with van der Waals surface area (Å²) in [6, 6.07) is 0. The lowest BCUT2D eigenvalue weighted by molar-refractivity contribution is -0.192. The molecule has 3 fully saturated rings. The third-order valence-corrected chi connectivity index (χ3v) is 4.42. The van der Waals surface area contributed by atoms with Crippen LogP contribution in [0.3, 0.4) is 0 Å². The number of likely N-dealkylation sites (tertiary alicyclic amines) is 1. The molecular weight excluding hydrogens is 289 g/mol. The monoisotopic (exact) mass is 308 g/mol. The normalized spacial score (nSPS) is 31.0. The molecule has 2 N–H and O–H groups in total. The molecule has 1 aliphatic carbocycles. The van der Waals surface area contributed by atoms with Crippen molar-refractivity contribution in [2.24, 2.45) is 11.3 Å². The first-order chi connectivity index (χ1) is 9.76. The van der Waals surface area contributed by atoms with E-state index in [9.17, 15) is 18.0 Å². The molecule has 2 unspecified atom stereocenters. The van der Waals surface area contributed by atoms with Gasteiger partial charge in [-0.15, -0.1) is 0 Å². The summed E-state index contributed by atoms with van der Waals surface area (Å²) in [6.07, 6.45) is -0.292. The molecule has 8 heteroatoms. The van der Waals surface area contributed by atoms with Gasteiger partial charge in [0.15, 0.2) is 0 Å². The summed E-state index contributed by atoms with van der Waals surface area (Å²) < 4.78 is 31.7. The van der Waals surface area contributed by atoms with Crippen LogP contribution < -0.4 is 5.32 Å². The van der Waals surface area contributed by atoms with Gasteiger partial charge in [-0.05, 0) is 37.6 Å². The predicted octanol–water partition coefficient (Wildman–Crippen LogP) is 1.24. The van der Waals surface area contributed by atoms with Crippen LogP contribution in [0.4, 0.5) is 13.2 Å². The average Bonchev–Trinajstić information content (AvgIpc) is 2.81. The van der Waals surface area contributed by atoms with Gasteiger partial charge in [0.05, 0.1) is 0 Å². The number of carboxylic acids is 1. The number of aliphatic carboxylic acids is 1. The lowest BCUT2D eigenvalue weighted by Gasteiger charge is -2.16. The van der Waals surface area contributed by atoms with Gasteiger partial charge >= 0.3 is 12.1 Å². The Morgan fingerprint density at radius 1 is 1.24 bits per heavy atom. The van der Waals surface area contributed by atoms with Crippen LogP contribution in [-0.4, -0.2) is 54.2 Å². The Balaban J connectivity index is 0.000000199. The minimum atomic E-state index is -5.08. The van der Waals surface area contributed by atoms with E-state index in [1.165, 1.54) is 19.3 Å². The van der Waals surface area contributed by atoms with Crippen molar-refractivity contribution in [3.63, 3.8) is 0 Å². The molecule has 2 saturated heterocycles. The van der Waals surface area contributed by atoms with Crippen LogP contribution in [0.15, 0.2) is 0 Å². The zero-order valence-electron chi connectivity index (χ0n) is 11.6. The van der Waals surface area contributed by atoms with E-state index in [4.69, 9.17) is 9.90 Å². The summed E-state index contributed by atoms with van der Waals surface area (Å²) in [6.45, 7) is 4.22. The highest BCUT2D eigenvalue weighted by Crippen LogP contribution is 2.57. The summed E-state index contributed by atoms with van der Waals surface area (Å²) in [5, 5.41) is 10.5. The molecule has 0 aromatic heterocycles. The summed E-state index contributed by atoms with van der Waals surface area (Å²) in [5.74, 6) is -1.94. The quantitative estimate of drug-likeness (QED) is 0.765. The van der Waals surface area contributed by atoms with Crippen LogP contribution >= 0.6 is 0 Å². The number of alkyl halides is 3. The van der Waals surface area contributed by atoms with Crippen molar-refractivity contribution in [2.45, 2.75) is 31.9 Å². The lowest BCUT2D eigenvalue weighted by atomic mass is 10.0. The molecule has 1 amide bonds. The molecule has 2 atom stereocenters. The smallest absolute Gasteiger partial charge is 0.475 e. The van der Waals surface area contributed by atoms with Crippen molar-refractivity contribution in [1.29, 1.82) is 0 Å². The number of carboxylic acid groups (broad SMARTS) is 1. The number of nitrogens with zero attached hydrogens (tertiary/aromatic N) is 1. The van der Waals surface area contributed by atoms with Gasteiger partial charge in [0.25, 0.3) is 0 Å². The third kappa shape index (κ3) is 3.66. The molecule has 0 aromatic rings. The van der Waals surface area contributed by atoms with E-state index in [1.807, 2.05) is 0 Å². The molecule has 0 aromatic carbocycles. The fourth-order valence-electron chi connectivity index (χ4n) is 3.09. The molecule has 21 heavy (non-hydrogen) atoms. The minimum absolute atomic E-state index is 0.371. The summed E-state index contributed by atoms with van der Waals surface area (Å²) >= 11 is 0. The molecule has 2 aliphatic heterocycles. The number of carbonyl (C=O) groups excluding carboxylic acids is 1. The summed E-state index contributed by atoms with van der Waals surface area (Å²) in [4.78, 5) is 23.0. The average molecular weight is 308 g/mol. The fraction of sp³-hybridized carbons (Fsp3) is 0.846. The van der Waals surface area contributed by atoms with Crippen molar-refractivity contribution >= 4 is 11.9 Å². The number of halogens is 3. The summed E-state index contributed by atoms with van der Waals surface area (Å²) in [5.41, 5.74) is 0.389. The second-order valence-corrected chi connectivity index (χ2v) is 5.88. The Labute approximate surface area is 120 Å². The maximum Gasteiger partial charge on any atom is 0.490 e. The van der Waals surface area contributed by atoms with Gasteiger partial charge in [0.1, 0.15) is 0 Å². The van der Waals surface area contributed by atoms with Gasteiger partial charge in [0, 0.05) is 25.6 Å². The Morgan fingerprint density at radius 2 is 1.81 bits per heavy atom. The van der Waals surface area contributed by atoms with Gasteiger partial charge in [-0.2, -0.15) is 13.2 Å². The molecule has 1 spiro atoms. The highest BCUT2D eigenvalue weighted by atomic mass is 19.4. The highest BCUT2D eigenvalue weighted by molar-refractivity contribution is 5.83. The lowest BCUT2D eigenvalue weighted by Crippen LogP contribution is -2.31. The Bertz CT molecular complexity index is 413. The van der Waals surface area contributed by atoms with Gasteiger partial charge in [-0.3, -0.25) is 4.79 Å². The standard InChI is InChI=1S/C11H18N2O.C2HF3O2/c14-10(13-5-1-2-6-13)9-7-11(9)3-4-12-8-11;3-2(4,5)1(6)7/h9,12H,1-8H2;(H,6,7). The number of hydrogen-bond acceptors (Lipinski definition) is 3. The predicted molar refractivity (Wildman–Crippen MR) is 67.5 cm³/mol. The van der Waals surface area contributed by atoms with Gasteiger partial charge < -0.3 is 15.3 Å².